The Bertz CT molecular complexity index is 1060. The SMILES string of the molecule is CCN(C(=O)COC(=O)C(=O)c1c(C)nn(-c2ccccc2)c1C)c1ccccc1. The van der Waals surface area contributed by atoms with Crippen LogP contribution in [0.5, 0.6) is 0 Å². The smallest absolute Gasteiger partial charge is 0.380 e. The van der Waals surface area contributed by atoms with Crippen molar-refractivity contribution in [1.82, 2.24) is 9.78 Å². The Kier molecular flexibility index (Phi) is 6.41. The first-order valence-corrected chi connectivity index (χ1v) is 9.62. The Morgan fingerprint density at radius 2 is 1.57 bits per heavy atom. The summed E-state index contributed by atoms with van der Waals surface area (Å²) in [4.78, 5) is 39.0. The second-order valence-corrected chi connectivity index (χ2v) is 6.67. The van der Waals surface area contributed by atoms with Gasteiger partial charge in [0.05, 0.1) is 22.6 Å². The molecular formula is C23H23N3O4. The van der Waals surface area contributed by atoms with Crippen molar-refractivity contribution in [3.05, 3.63) is 77.6 Å². The van der Waals surface area contributed by atoms with E-state index < -0.39 is 24.3 Å². The van der Waals surface area contributed by atoms with Gasteiger partial charge in [-0.15, -0.1) is 0 Å². The fourth-order valence-electron chi connectivity index (χ4n) is 3.28. The number of amides is 1. The fraction of sp³-hybridized carbons (Fsp3) is 0.217. The van der Waals surface area contributed by atoms with E-state index in [0.717, 1.165) is 5.69 Å². The van der Waals surface area contributed by atoms with E-state index >= 15 is 0 Å². The highest BCUT2D eigenvalue weighted by Gasteiger charge is 2.27. The summed E-state index contributed by atoms with van der Waals surface area (Å²) in [5.41, 5.74) is 2.62. The van der Waals surface area contributed by atoms with E-state index in [2.05, 4.69) is 5.10 Å². The van der Waals surface area contributed by atoms with Crippen LogP contribution in [0.15, 0.2) is 60.7 Å². The van der Waals surface area contributed by atoms with Crippen LogP contribution >= 0.6 is 0 Å². The quantitative estimate of drug-likeness (QED) is 0.342. The molecule has 0 radical (unpaired) electrons. The maximum Gasteiger partial charge on any atom is 0.380 e. The molecule has 7 nitrogen and oxygen atoms in total. The summed E-state index contributed by atoms with van der Waals surface area (Å²) in [7, 11) is 0. The number of esters is 1. The fourth-order valence-corrected chi connectivity index (χ4v) is 3.28. The summed E-state index contributed by atoms with van der Waals surface area (Å²) in [6.45, 7) is 5.09. The van der Waals surface area contributed by atoms with E-state index in [9.17, 15) is 14.4 Å². The lowest BCUT2D eigenvalue weighted by Crippen LogP contribution is -2.35. The molecule has 154 valence electrons. The number of rotatable bonds is 7. The number of nitrogens with zero attached hydrogens (tertiary/aromatic N) is 3. The highest BCUT2D eigenvalue weighted by atomic mass is 16.5. The molecule has 0 aliphatic rings. The zero-order valence-corrected chi connectivity index (χ0v) is 17.2. The summed E-state index contributed by atoms with van der Waals surface area (Å²) < 4.78 is 6.64. The number of aryl methyl sites for hydroxylation is 1. The number of para-hydroxylation sites is 2. The lowest BCUT2D eigenvalue weighted by molar-refractivity contribution is -0.143. The zero-order chi connectivity index (χ0) is 21.7. The predicted octanol–water partition coefficient (Wildman–Crippen LogP) is 3.27. The Balaban J connectivity index is 1.71. The minimum atomic E-state index is -1.08. The summed E-state index contributed by atoms with van der Waals surface area (Å²) in [6, 6.07) is 18.4. The molecule has 3 rings (SSSR count). The number of ketones is 1. The van der Waals surface area contributed by atoms with Crippen LogP contribution in [0.25, 0.3) is 5.69 Å². The topological polar surface area (TPSA) is 81.5 Å². The minimum absolute atomic E-state index is 0.187. The Labute approximate surface area is 174 Å². The summed E-state index contributed by atoms with van der Waals surface area (Å²) >= 11 is 0. The first-order valence-electron chi connectivity index (χ1n) is 9.62. The van der Waals surface area contributed by atoms with Crippen LogP contribution in [0.1, 0.15) is 28.7 Å². The van der Waals surface area contributed by atoms with E-state index in [1.165, 1.54) is 4.90 Å². The lowest BCUT2D eigenvalue weighted by Gasteiger charge is -2.20. The van der Waals surface area contributed by atoms with Gasteiger partial charge in [-0.1, -0.05) is 36.4 Å². The Hall–Kier alpha value is -3.74. The standard InChI is InChI=1S/C23H23N3O4/c1-4-25(18-11-7-5-8-12-18)20(27)15-30-23(29)22(28)21-16(2)24-26(17(21)3)19-13-9-6-10-14-19/h5-14H,4,15H2,1-3H3. The van der Waals surface area contributed by atoms with Gasteiger partial charge in [0.25, 0.3) is 11.7 Å². The third-order valence-corrected chi connectivity index (χ3v) is 4.72. The molecule has 0 aliphatic heterocycles. The van der Waals surface area contributed by atoms with Gasteiger partial charge in [0.2, 0.25) is 0 Å². The van der Waals surface area contributed by atoms with Crippen molar-refractivity contribution in [2.75, 3.05) is 18.1 Å². The van der Waals surface area contributed by atoms with Crippen molar-refractivity contribution in [3.8, 4) is 5.69 Å². The van der Waals surface area contributed by atoms with Gasteiger partial charge in [0.1, 0.15) is 0 Å². The normalized spacial score (nSPS) is 10.5. The predicted molar refractivity (Wildman–Crippen MR) is 113 cm³/mol. The largest absolute Gasteiger partial charge is 0.450 e. The molecule has 0 N–H and O–H groups in total. The van der Waals surface area contributed by atoms with Crippen molar-refractivity contribution in [3.63, 3.8) is 0 Å². The number of benzene rings is 2. The Morgan fingerprint density at radius 1 is 0.967 bits per heavy atom. The number of ether oxygens (including phenoxy) is 1. The van der Waals surface area contributed by atoms with Crippen LogP contribution in [0.4, 0.5) is 5.69 Å². The number of hydrogen-bond acceptors (Lipinski definition) is 5. The van der Waals surface area contributed by atoms with Gasteiger partial charge >= 0.3 is 5.97 Å². The first-order chi connectivity index (χ1) is 14.4. The number of carbonyl (C=O) groups is 3. The molecule has 1 amide bonds. The highest BCUT2D eigenvalue weighted by Crippen LogP contribution is 2.19. The molecule has 1 heterocycles. The maximum atomic E-state index is 12.7. The van der Waals surface area contributed by atoms with Crippen molar-refractivity contribution in [1.29, 1.82) is 0 Å². The van der Waals surface area contributed by atoms with Gasteiger partial charge in [-0.2, -0.15) is 5.10 Å². The molecule has 30 heavy (non-hydrogen) atoms. The van der Waals surface area contributed by atoms with Crippen molar-refractivity contribution in [2.24, 2.45) is 0 Å². The molecule has 0 unspecified atom stereocenters. The van der Waals surface area contributed by atoms with Crippen LogP contribution in [0.2, 0.25) is 0 Å². The third kappa shape index (κ3) is 4.30. The molecule has 0 bridgehead atoms. The third-order valence-electron chi connectivity index (χ3n) is 4.72. The molecule has 0 saturated carbocycles. The molecule has 0 saturated heterocycles. The van der Waals surface area contributed by atoms with Crippen LogP contribution in [-0.4, -0.2) is 40.6 Å². The van der Waals surface area contributed by atoms with Crippen molar-refractivity contribution < 1.29 is 19.1 Å². The number of likely N-dealkylation sites (N-methyl/N-ethyl adjacent to an activating group) is 1. The van der Waals surface area contributed by atoms with Crippen LogP contribution in [-0.2, 0) is 14.3 Å². The molecule has 1 aromatic heterocycles. The maximum absolute atomic E-state index is 12.7. The molecular weight excluding hydrogens is 382 g/mol. The van der Waals surface area contributed by atoms with Gasteiger partial charge in [0.15, 0.2) is 6.61 Å². The van der Waals surface area contributed by atoms with E-state index in [-0.39, 0.29) is 5.56 Å². The van der Waals surface area contributed by atoms with Crippen LogP contribution < -0.4 is 4.90 Å². The zero-order valence-electron chi connectivity index (χ0n) is 17.2. The summed E-state index contributed by atoms with van der Waals surface area (Å²) in [5, 5.41) is 4.37. The minimum Gasteiger partial charge on any atom is -0.450 e. The van der Waals surface area contributed by atoms with Crippen LogP contribution in [0, 0.1) is 13.8 Å². The van der Waals surface area contributed by atoms with E-state index in [1.54, 1.807) is 30.7 Å². The number of hydrogen-bond donors (Lipinski definition) is 0. The first kappa shape index (κ1) is 21.0. The summed E-state index contributed by atoms with van der Waals surface area (Å²) in [5.74, 6) is -2.30. The molecule has 0 atom stereocenters. The average molecular weight is 405 g/mol. The number of Topliss-reactive ketones (excluding diaryl/α,β-unsaturated/α-hetero) is 1. The second kappa shape index (κ2) is 9.17. The monoisotopic (exact) mass is 405 g/mol. The van der Waals surface area contributed by atoms with Crippen LogP contribution in [0.3, 0.4) is 0 Å². The second-order valence-electron chi connectivity index (χ2n) is 6.67. The number of carbonyl (C=O) groups excluding carboxylic acids is 3. The number of anilines is 1. The number of aromatic nitrogens is 2. The summed E-state index contributed by atoms with van der Waals surface area (Å²) in [6.07, 6.45) is 0. The van der Waals surface area contributed by atoms with Crippen molar-refractivity contribution >= 4 is 23.3 Å². The molecule has 0 fully saturated rings. The molecule has 7 heteroatoms. The van der Waals surface area contributed by atoms with Gasteiger partial charge in [0, 0.05) is 12.2 Å². The highest BCUT2D eigenvalue weighted by molar-refractivity contribution is 6.41. The van der Waals surface area contributed by atoms with Gasteiger partial charge < -0.3 is 9.64 Å². The average Bonchev–Trinajstić information content (AvgIpc) is 3.07. The van der Waals surface area contributed by atoms with E-state index in [0.29, 0.717) is 23.6 Å². The molecule has 0 spiro atoms. The van der Waals surface area contributed by atoms with Crippen molar-refractivity contribution in [2.45, 2.75) is 20.8 Å². The molecule has 2 aromatic carbocycles. The molecule has 3 aromatic rings. The Morgan fingerprint density at radius 3 is 2.17 bits per heavy atom. The lowest BCUT2D eigenvalue weighted by atomic mass is 10.1. The van der Waals surface area contributed by atoms with Gasteiger partial charge in [-0.3, -0.25) is 9.59 Å². The van der Waals surface area contributed by atoms with E-state index in [1.807, 2.05) is 55.5 Å². The van der Waals surface area contributed by atoms with Gasteiger partial charge in [-0.05, 0) is 45.0 Å². The van der Waals surface area contributed by atoms with E-state index in [4.69, 9.17) is 4.74 Å². The molecule has 0 aliphatic carbocycles. The van der Waals surface area contributed by atoms with Gasteiger partial charge in [-0.25, -0.2) is 9.48 Å².